The summed E-state index contributed by atoms with van der Waals surface area (Å²) in [7, 11) is 1.93. The fourth-order valence-electron chi connectivity index (χ4n) is 1.65. The van der Waals surface area contributed by atoms with Crippen molar-refractivity contribution in [1.29, 1.82) is 0 Å². The molecule has 0 saturated heterocycles. The topological polar surface area (TPSA) is 43.6 Å². The van der Waals surface area contributed by atoms with Crippen LogP contribution in [0.2, 0.25) is 0 Å². The first-order valence-electron chi connectivity index (χ1n) is 5.04. The van der Waals surface area contributed by atoms with Crippen molar-refractivity contribution in [2.75, 3.05) is 0 Å². The van der Waals surface area contributed by atoms with Crippen LogP contribution in [0.5, 0.6) is 0 Å². The minimum Gasteiger partial charge on any atom is -0.318 e. The Morgan fingerprint density at radius 2 is 1.88 bits per heavy atom. The maximum absolute atomic E-state index is 4.49. The number of hydrogen-bond donors (Lipinski definition) is 0. The zero-order valence-corrected chi connectivity index (χ0v) is 8.83. The molecule has 0 aliphatic rings. The van der Waals surface area contributed by atoms with Gasteiger partial charge in [-0.2, -0.15) is 0 Å². The molecule has 3 aromatic rings. The summed E-state index contributed by atoms with van der Waals surface area (Å²) in [5, 5.41) is 0. The Hall–Kier alpha value is -2.23. The first kappa shape index (κ1) is 9.03. The third-order valence-electron chi connectivity index (χ3n) is 2.49. The lowest BCUT2D eigenvalue weighted by atomic mass is 10.2. The van der Waals surface area contributed by atoms with Gasteiger partial charge in [0.2, 0.25) is 0 Å². The number of aromatic nitrogens is 4. The van der Waals surface area contributed by atoms with E-state index in [0.717, 1.165) is 22.6 Å². The summed E-state index contributed by atoms with van der Waals surface area (Å²) < 4.78 is 1.89. The molecule has 4 nitrogen and oxygen atoms in total. The minimum atomic E-state index is 0.733. The summed E-state index contributed by atoms with van der Waals surface area (Å²) in [6, 6.07) is 9.93. The standard InChI is InChI=1S/C12H10N4/c1-16-8-14-10-7-13-11(15-12(10)16)9-5-3-2-4-6-9/h2-8H,1H3. The lowest BCUT2D eigenvalue weighted by Crippen LogP contribution is -1.92. The van der Waals surface area contributed by atoms with E-state index in [-0.39, 0.29) is 0 Å². The van der Waals surface area contributed by atoms with Gasteiger partial charge in [-0.05, 0) is 0 Å². The predicted octanol–water partition coefficient (Wildman–Crippen LogP) is 2.03. The summed E-state index contributed by atoms with van der Waals surface area (Å²) in [6.45, 7) is 0. The van der Waals surface area contributed by atoms with E-state index >= 15 is 0 Å². The zero-order chi connectivity index (χ0) is 11.0. The highest BCUT2D eigenvalue weighted by Gasteiger charge is 2.05. The Kier molecular flexibility index (Phi) is 1.93. The Bertz CT molecular complexity index is 628. The summed E-state index contributed by atoms with van der Waals surface area (Å²) in [4.78, 5) is 13.0. The average Bonchev–Trinajstić information content (AvgIpc) is 2.72. The summed E-state index contributed by atoms with van der Waals surface area (Å²) >= 11 is 0. The van der Waals surface area contributed by atoms with Crippen molar-refractivity contribution in [3.05, 3.63) is 42.9 Å². The summed E-state index contributed by atoms with van der Waals surface area (Å²) in [5.74, 6) is 0.733. The van der Waals surface area contributed by atoms with Crippen molar-refractivity contribution < 1.29 is 0 Å². The predicted molar refractivity (Wildman–Crippen MR) is 61.7 cm³/mol. The third kappa shape index (κ3) is 1.35. The molecule has 16 heavy (non-hydrogen) atoms. The van der Waals surface area contributed by atoms with Crippen LogP contribution in [0.15, 0.2) is 42.9 Å². The van der Waals surface area contributed by atoms with Gasteiger partial charge in [0.1, 0.15) is 5.52 Å². The van der Waals surface area contributed by atoms with E-state index in [4.69, 9.17) is 0 Å². The molecule has 78 valence electrons. The molecule has 1 aromatic carbocycles. The molecule has 0 fully saturated rings. The lowest BCUT2D eigenvalue weighted by molar-refractivity contribution is 0.929. The summed E-state index contributed by atoms with van der Waals surface area (Å²) in [6.07, 6.45) is 3.50. The molecule has 2 heterocycles. The average molecular weight is 210 g/mol. The van der Waals surface area contributed by atoms with Crippen LogP contribution < -0.4 is 0 Å². The lowest BCUT2D eigenvalue weighted by Gasteiger charge is -1.99. The van der Waals surface area contributed by atoms with Gasteiger partial charge in [0, 0.05) is 12.6 Å². The van der Waals surface area contributed by atoms with Gasteiger partial charge in [0.05, 0.1) is 12.5 Å². The second-order valence-electron chi connectivity index (χ2n) is 3.62. The first-order chi connectivity index (χ1) is 7.84. The smallest absolute Gasteiger partial charge is 0.163 e. The molecule has 2 aromatic heterocycles. The molecule has 0 amide bonds. The van der Waals surface area contributed by atoms with E-state index in [1.165, 1.54) is 0 Å². The van der Waals surface area contributed by atoms with Gasteiger partial charge in [0.25, 0.3) is 0 Å². The molecule has 0 aliphatic carbocycles. The van der Waals surface area contributed by atoms with E-state index < -0.39 is 0 Å². The fraction of sp³-hybridized carbons (Fsp3) is 0.0833. The van der Waals surface area contributed by atoms with E-state index in [1.54, 1.807) is 12.5 Å². The quantitative estimate of drug-likeness (QED) is 0.617. The number of aryl methyl sites for hydroxylation is 1. The number of benzene rings is 1. The van der Waals surface area contributed by atoms with Crippen LogP contribution in [-0.2, 0) is 7.05 Å². The molecule has 3 rings (SSSR count). The van der Waals surface area contributed by atoms with E-state index in [1.807, 2.05) is 41.9 Å². The number of fused-ring (bicyclic) bond motifs is 1. The molecule has 0 aliphatic heterocycles. The largest absolute Gasteiger partial charge is 0.318 e. The Balaban J connectivity index is 2.22. The van der Waals surface area contributed by atoms with Crippen LogP contribution in [0, 0.1) is 0 Å². The van der Waals surface area contributed by atoms with Crippen molar-refractivity contribution >= 4 is 11.2 Å². The monoisotopic (exact) mass is 210 g/mol. The van der Waals surface area contributed by atoms with Crippen molar-refractivity contribution in [2.24, 2.45) is 7.05 Å². The van der Waals surface area contributed by atoms with E-state index in [9.17, 15) is 0 Å². The SMILES string of the molecule is Cn1cnc2cnc(-c3ccccc3)nc21. The van der Waals surface area contributed by atoms with Crippen molar-refractivity contribution in [3.63, 3.8) is 0 Å². The van der Waals surface area contributed by atoms with E-state index in [0.29, 0.717) is 0 Å². The van der Waals surface area contributed by atoms with E-state index in [2.05, 4.69) is 15.0 Å². The minimum absolute atomic E-state index is 0.733. The van der Waals surface area contributed by atoms with Crippen LogP contribution in [0.1, 0.15) is 0 Å². The van der Waals surface area contributed by atoms with Gasteiger partial charge in [-0.3, -0.25) is 0 Å². The van der Waals surface area contributed by atoms with Crippen molar-refractivity contribution in [2.45, 2.75) is 0 Å². The number of rotatable bonds is 1. The maximum atomic E-state index is 4.49. The first-order valence-corrected chi connectivity index (χ1v) is 5.04. The van der Waals surface area contributed by atoms with Crippen LogP contribution in [0.25, 0.3) is 22.6 Å². The van der Waals surface area contributed by atoms with Gasteiger partial charge in [-0.25, -0.2) is 15.0 Å². The number of hydrogen-bond acceptors (Lipinski definition) is 3. The normalized spacial score (nSPS) is 10.8. The highest BCUT2D eigenvalue weighted by Crippen LogP contribution is 2.16. The van der Waals surface area contributed by atoms with Crippen LogP contribution in [-0.4, -0.2) is 19.5 Å². The molecule has 0 bridgehead atoms. The second kappa shape index (κ2) is 3.41. The molecule has 0 N–H and O–H groups in total. The highest BCUT2D eigenvalue weighted by molar-refractivity contribution is 5.72. The highest BCUT2D eigenvalue weighted by atomic mass is 15.1. The molecule has 0 unspecified atom stereocenters. The van der Waals surface area contributed by atoms with Gasteiger partial charge in [0.15, 0.2) is 11.5 Å². The molecular formula is C12H10N4. The Morgan fingerprint density at radius 1 is 1.06 bits per heavy atom. The van der Waals surface area contributed by atoms with Gasteiger partial charge in [-0.15, -0.1) is 0 Å². The molecule has 0 radical (unpaired) electrons. The van der Waals surface area contributed by atoms with Crippen molar-refractivity contribution in [1.82, 2.24) is 19.5 Å². The van der Waals surface area contributed by atoms with Gasteiger partial charge >= 0.3 is 0 Å². The molecule has 0 atom stereocenters. The maximum Gasteiger partial charge on any atom is 0.163 e. The second-order valence-corrected chi connectivity index (χ2v) is 3.62. The third-order valence-corrected chi connectivity index (χ3v) is 2.49. The number of imidazole rings is 1. The van der Waals surface area contributed by atoms with Gasteiger partial charge < -0.3 is 4.57 Å². The number of nitrogens with zero attached hydrogens (tertiary/aromatic N) is 4. The molecule has 4 heteroatoms. The molecule has 0 saturated carbocycles. The van der Waals surface area contributed by atoms with Crippen LogP contribution >= 0.6 is 0 Å². The van der Waals surface area contributed by atoms with Crippen LogP contribution in [0.3, 0.4) is 0 Å². The zero-order valence-electron chi connectivity index (χ0n) is 8.83. The Labute approximate surface area is 92.6 Å². The molecular weight excluding hydrogens is 200 g/mol. The Morgan fingerprint density at radius 3 is 2.69 bits per heavy atom. The van der Waals surface area contributed by atoms with Crippen molar-refractivity contribution in [3.8, 4) is 11.4 Å². The van der Waals surface area contributed by atoms with Gasteiger partial charge in [-0.1, -0.05) is 30.3 Å². The molecule has 0 spiro atoms. The van der Waals surface area contributed by atoms with Crippen LogP contribution in [0.4, 0.5) is 0 Å². The summed E-state index contributed by atoms with van der Waals surface area (Å²) in [5.41, 5.74) is 2.70. The fourth-order valence-corrected chi connectivity index (χ4v) is 1.65.